The van der Waals surface area contributed by atoms with Gasteiger partial charge in [-0.25, -0.2) is 13.4 Å². The molecule has 9 rings (SSSR count). The monoisotopic (exact) mass is 821 g/mol. The number of rotatable bonds is 8. The van der Waals surface area contributed by atoms with Crippen LogP contribution in [-0.2, 0) is 29.2 Å². The zero-order chi connectivity index (χ0) is 40.7. The Labute approximate surface area is 344 Å². The van der Waals surface area contributed by atoms with Gasteiger partial charge < -0.3 is 24.3 Å². The molecule has 0 radical (unpaired) electrons. The first-order valence-corrected chi connectivity index (χ1v) is 22.8. The van der Waals surface area contributed by atoms with Gasteiger partial charge in [0.15, 0.2) is 11.3 Å². The number of benzene rings is 2. The Kier molecular flexibility index (Phi) is 10.7. The first-order valence-electron chi connectivity index (χ1n) is 21.3. The van der Waals surface area contributed by atoms with Crippen LogP contribution >= 0.6 is 0 Å². The van der Waals surface area contributed by atoms with E-state index in [9.17, 15) is 27.6 Å². The molecule has 2 saturated heterocycles. The summed E-state index contributed by atoms with van der Waals surface area (Å²) in [5.41, 5.74) is 1.76. The minimum absolute atomic E-state index is 0.0486. The number of para-hydroxylation sites is 1. The zero-order valence-corrected chi connectivity index (χ0v) is 34.0. The lowest BCUT2D eigenvalue weighted by atomic mass is 9.94. The van der Waals surface area contributed by atoms with Crippen molar-refractivity contribution in [2.45, 2.75) is 106 Å². The first kappa shape index (κ1) is 39.2. The average molecular weight is 822 g/mol. The molecule has 2 saturated carbocycles. The van der Waals surface area contributed by atoms with E-state index in [-0.39, 0.29) is 37.6 Å². The second-order valence-corrected chi connectivity index (χ2v) is 18.9. The highest BCUT2D eigenvalue weighted by Crippen LogP contribution is 2.46. The average Bonchev–Trinajstić information content (AvgIpc) is 4.15. The largest absolute Gasteiger partial charge is 0.484 e. The van der Waals surface area contributed by atoms with Crippen molar-refractivity contribution < 1.29 is 36.7 Å². The number of fused-ring (bicyclic) bond motifs is 5. The number of hydrogen-bond acceptors (Lipinski definition) is 9. The number of ether oxygens (including phenoxy) is 1. The maximum Gasteiger partial charge on any atom is 0.259 e. The van der Waals surface area contributed by atoms with Crippen molar-refractivity contribution >= 4 is 55.7 Å². The van der Waals surface area contributed by atoms with Crippen molar-refractivity contribution in [3.8, 4) is 17.0 Å². The fourth-order valence-corrected chi connectivity index (χ4v) is 10.5. The number of nitrogens with zero attached hydrogens (tertiary/aromatic N) is 3. The lowest BCUT2D eigenvalue weighted by molar-refractivity contribution is -0.145. The minimum atomic E-state index is -3.89. The number of allylic oxidation sites excluding steroid dienone is 1. The van der Waals surface area contributed by atoms with Crippen LogP contribution in [0.4, 0.5) is 0 Å². The lowest BCUT2D eigenvalue weighted by Gasteiger charge is -2.31. The van der Waals surface area contributed by atoms with E-state index in [1.807, 2.05) is 77.7 Å². The smallest absolute Gasteiger partial charge is 0.259 e. The number of nitrogens with one attached hydrogen (secondary N) is 2. The Morgan fingerprint density at radius 3 is 2.51 bits per heavy atom. The third-order valence-corrected chi connectivity index (χ3v) is 14.6. The molecule has 4 amide bonds. The van der Waals surface area contributed by atoms with Gasteiger partial charge in [0, 0.05) is 54.8 Å². The molecule has 0 spiro atoms. The lowest BCUT2D eigenvalue weighted by Crippen LogP contribution is -2.57. The fourth-order valence-electron chi connectivity index (χ4n) is 9.14. The van der Waals surface area contributed by atoms with Crippen molar-refractivity contribution in [1.82, 2.24) is 24.8 Å². The van der Waals surface area contributed by atoms with E-state index in [0.717, 1.165) is 55.9 Å². The second kappa shape index (κ2) is 16.1. The van der Waals surface area contributed by atoms with E-state index >= 15 is 0 Å². The molecule has 3 aliphatic heterocycles. The Morgan fingerprint density at radius 1 is 0.949 bits per heavy atom. The maximum absolute atomic E-state index is 14.9. The van der Waals surface area contributed by atoms with Crippen molar-refractivity contribution in [1.29, 1.82) is 0 Å². The van der Waals surface area contributed by atoms with Crippen LogP contribution in [0, 0.1) is 11.8 Å². The predicted octanol–water partition coefficient (Wildman–Crippen LogP) is 6.02. The number of pyridine rings is 1. The molecule has 2 aromatic carbocycles. The molecule has 5 heterocycles. The molecule has 2 aliphatic carbocycles. The molecule has 4 fully saturated rings. The molecule has 2 N–H and O–H groups in total. The number of carbonyl (C=O) groups is 4. The number of piperidine rings is 1. The number of sulfonamides is 1. The molecule has 5 aliphatic rings. The van der Waals surface area contributed by atoms with Crippen LogP contribution in [-0.4, -0.2) is 89.4 Å². The summed E-state index contributed by atoms with van der Waals surface area (Å²) in [6, 6.07) is 18.1. The summed E-state index contributed by atoms with van der Waals surface area (Å²) < 4.78 is 41.3. The summed E-state index contributed by atoms with van der Waals surface area (Å²) in [4.78, 5) is 65.5. The molecule has 0 bridgehead atoms. The molecule has 59 heavy (non-hydrogen) atoms. The molecule has 5 atom stereocenters. The summed E-state index contributed by atoms with van der Waals surface area (Å²) in [7, 11) is -3.89. The van der Waals surface area contributed by atoms with Crippen LogP contribution in [0.15, 0.2) is 77.2 Å². The summed E-state index contributed by atoms with van der Waals surface area (Å²) in [6.45, 7) is 1.39. The number of carbonyl (C=O) groups excluding carboxylic acids is 4. The van der Waals surface area contributed by atoms with E-state index in [2.05, 4.69) is 10.0 Å². The van der Waals surface area contributed by atoms with E-state index < -0.39 is 56.6 Å². The molecule has 4 aromatic rings. The van der Waals surface area contributed by atoms with Crippen molar-refractivity contribution in [3.63, 3.8) is 0 Å². The Balaban J connectivity index is 1.06. The quantitative estimate of drug-likeness (QED) is 0.202. The van der Waals surface area contributed by atoms with E-state index in [0.29, 0.717) is 60.5 Å². The van der Waals surface area contributed by atoms with Crippen LogP contribution in [0.5, 0.6) is 5.75 Å². The third kappa shape index (κ3) is 8.07. The van der Waals surface area contributed by atoms with Gasteiger partial charge in [0.1, 0.15) is 28.8 Å². The molecule has 310 valence electrons. The van der Waals surface area contributed by atoms with Gasteiger partial charge in [-0.1, -0.05) is 67.5 Å². The molecule has 13 nitrogen and oxygen atoms in total. The van der Waals surface area contributed by atoms with E-state index in [1.54, 1.807) is 0 Å². The highest BCUT2D eigenvalue weighted by molar-refractivity contribution is 7.91. The van der Waals surface area contributed by atoms with Gasteiger partial charge in [0.2, 0.25) is 27.7 Å². The highest BCUT2D eigenvalue weighted by atomic mass is 32.2. The number of aromatic nitrogens is 1. The molecular weight excluding hydrogens is 771 g/mol. The predicted molar refractivity (Wildman–Crippen MR) is 221 cm³/mol. The first-order chi connectivity index (χ1) is 28.6. The number of amides is 4. The van der Waals surface area contributed by atoms with Gasteiger partial charge >= 0.3 is 0 Å². The number of hydrogen-bond donors (Lipinski definition) is 2. The third-order valence-electron chi connectivity index (χ3n) is 12.7. The molecular formula is C45H51N5O8S. The second-order valence-electron chi connectivity index (χ2n) is 17.0. The number of likely N-dealkylation sites (tertiary alicyclic amines) is 1. The summed E-state index contributed by atoms with van der Waals surface area (Å²) in [5.74, 6) is -2.33. The van der Waals surface area contributed by atoms with Crippen LogP contribution in [0.25, 0.3) is 33.3 Å². The van der Waals surface area contributed by atoms with Gasteiger partial charge in [-0.05, 0) is 69.9 Å². The van der Waals surface area contributed by atoms with Crippen LogP contribution in [0.1, 0.15) is 83.5 Å². The molecule has 2 aromatic heterocycles. The highest BCUT2D eigenvalue weighted by Gasteiger charge is 2.62. The zero-order valence-electron chi connectivity index (χ0n) is 33.1. The van der Waals surface area contributed by atoms with Gasteiger partial charge in [-0.3, -0.25) is 23.9 Å². The minimum Gasteiger partial charge on any atom is -0.484 e. The molecule has 14 heteroatoms. The van der Waals surface area contributed by atoms with Crippen molar-refractivity contribution in [2.75, 3.05) is 19.6 Å². The molecule has 0 unspecified atom stereocenters. The van der Waals surface area contributed by atoms with E-state index in [1.165, 1.54) is 4.90 Å². The van der Waals surface area contributed by atoms with Gasteiger partial charge in [-0.15, -0.1) is 0 Å². The Morgan fingerprint density at radius 2 is 1.71 bits per heavy atom. The normalized spacial score (nSPS) is 27.3. The van der Waals surface area contributed by atoms with E-state index in [4.69, 9.17) is 14.1 Å². The van der Waals surface area contributed by atoms with Crippen LogP contribution < -0.4 is 14.8 Å². The van der Waals surface area contributed by atoms with Crippen molar-refractivity contribution in [2.24, 2.45) is 11.8 Å². The van der Waals surface area contributed by atoms with Gasteiger partial charge in [0.05, 0.1) is 17.5 Å². The van der Waals surface area contributed by atoms with Crippen LogP contribution in [0.2, 0.25) is 0 Å². The van der Waals surface area contributed by atoms with Crippen LogP contribution in [0.3, 0.4) is 0 Å². The Bertz CT molecular complexity index is 2410. The maximum atomic E-state index is 14.9. The fraction of sp³-hybridized carbons (Fsp3) is 0.489. The SMILES string of the molecule is O=C1N[C@]2(C(=O)NS(=O)(=O)C3CC3)C[C@H]2/C=C\CCCCC[C@H](CC(=O)N2CCCCC2)C(=O)N2C[C@H](Oc3cc(-c4ccccc4)nc4c3oc3ccccc34)C[C@@H]12. The standard InChI is InChI=1S/C45H51N5O8S/c51-39(49-22-12-5-13-23-49)24-30-16-6-2-1-3-9-17-31-27-45(31,44(54)48-59(55,56)33-20-21-33)47-42(52)36-25-32(28-50(36)43(30)53)57-38-26-35(29-14-7-4-8-15-29)46-40-34-18-10-11-19-37(34)58-41(38)40/h4,7-11,14-15,17-19,26,30-33,36H,1-3,5-6,12-13,16,20-25,27-28H2,(H,47,52)(H,48,54)/b17-9-/t30-,31-,32-,36+,45-/m1/s1. The summed E-state index contributed by atoms with van der Waals surface area (Å²) in [6.07, 6.45) is 11.2. The topological polar surface area (TPSA) is 168 Å². The van der Waals surface area contributed by atoms with Crippen molar-refractivity contribution in [3.05, 3.63) is 72.8 Å². The number of furan rings is 1. The van der Waals surface area contributed by atoms with Gasteiger partial charge in [0.25, 0.3) is 5.91 Å². The Hall–Kier alpha value is -5.24. The summed E-state index contributed by atoms with van der Waals surface area (Å²) in [5, 5.41) is 3.16. The summed E-state index contributed by atoms with van der Waals surface area (Å²) >= 11 is 0. The van der Waals surface area contributed by atoms with Gasteiger partial charge in [-0.2, -0.15) is 0 Å².